The average Bonchev–Trinajstić information content (AvgIpc) is 1.55. The molecule has 6 fully saturated rings. The van der Waals surface area contributed by atoms with Crippen molar-refractivity contribution in [2.24, 2.45) is 0 Å². The first kappa shape index (κ1) is 60.6. The summed E-state index contributed by atoms with van der Waals surface area (Å²) in [5, 5.41) is 127. The second-order valence-electron chi connectivity index (χ2n) is 26.7. The summed E-state index contributed by atoms with van der Waals surface area (Å²) in [4.78, 5) is 26.8. The number of hydrogen-bond donors (Lipinski definition) is 12. The van der Waals surface area contributed by atoms with Crippen LogP contribution in [0.2, 0.25) is 0 Å². The van der Waals surface area contributed by atoms with Crippen molar-refractivity contribution in [2.45, 2.75) is 224 Å². The van der Waals surface area contributed by atoms with Crippen molar-refractivity contribution in [3.63, 3.8) is 0 Å². The van der Waals surface area contributed by atoms with Crippen LogP contribution in [0.1, 0.15) is 170 Å². The molecule has 12 N–H and O–H groups in total. The lowest BCUT2D eigenvalue weighted by atomic mass is 10.1. The van der Waals surface area contributed by atoms with E-state index in [1.54, 1.807) is 45.0 Å². The van der Waals surface area contributed by atoms with Gasteiger partial charge in [-0.15, -0.1) is 15.3 Å². The maximum atomic E-state index is 14.2. The number of nitrogens with zero attached hydrogens (tertiary/aromatic N) is 15. The van der Waals surface area contributed by atoms with E-state index in [1.165, 1.54) is 39.3 Å². The van der Waals surface area contributed by atoms with E-state index in [4.69, 9.17) is 41.2 Å². The van der Waals surface area contributed by atoms with E-state index in [-0.39, 0.29) is 118 Å². The van der Waals surface area contributed by atoms with Crippen LogP contribution in [0.3, 0.4) is 0 Å². The molecular weight excluding hydrogens is 1460 g/mol. The molecule has 6 aliphatic carbocycles. The summed E-state index contributed by atoms with van der Waals surface area (Å²) in [6.45, 7) is -1.04. The fourth-order valence-electron chi connectivity index (χ4n) is 13.4. The van der Waals surface area contributed by atoms with Crippen LogP contribution in [0.25, 0.3) is 33.5 Å². The van der Waals surface area contributed by atoms with Gasteiger partial charge in [-0.3, -0.25) is 0 Å². The van der Waals surface area contributed by atoms with Crippen LogP contribution in [0.4, 0.5) is 30.6 Å². The largest absolute Gasteiger partial charge is 0.394 e. The summed E-state index contributed by atoms with van der Waals surface area (Å²) in [5.74, 6) is -0.350. The van der Waals surface area contributed by atoms with E-state index in [1.807, 2.05) is 19.1 Å². The van der Waals surface area contributed by atoms with Crippen LogP contribution in [0, 0.1) is 38.2 Å². The number of aryl methyl sites for hydroxylation is 3. The first-order valence-corrected chi connectivity index (χ1v) is 37.5. The topological polar surface area (TPSA) is 415 Å². The van der Waals surface area contributed by atoms with Gasteiger partial charge in [0, 0.05) is 86.0 Å². The number of benzene rings is 3. The normalized spacial score (nSPS) is 31.2. The van der Waals surface area contributed by atoms with E-state index in [0.29, 0.717) is 80.8 Å². The number of thioether (sulfide) groups is 3. The average molecular weight is 1570 g/mol. The first-order valence-electron chi connectivity index (χ1n) is 42.9. The van der Waals surface area contributed by atoms with Gasteiger partial charge < -0.3 is 76.1 Å². The van der Waals surface area contributed by atoms with Crippen LogP contribution >= 0.6 is 35.3 Å². The molecule has 0 unspecified atom stereocenters. The van der Waals surface area contributed by atoms with Crippen molar-refractivity contribution < 1.29 is 95.3 Å². The van der Waals surface area contributed by atoms with Crippen molar-refractivity contribution in [1.82, 2.24) is 74.9 Å². The Kier molecular flexibility index (Phi) is 19.7. The zero-order chi connectivity index (χ0) is 90.5. The summed E-state index contributed by atoms with van der Waals surface area (Å²) in [6, 6.07) is 10.9. The Bertz CT molecular complexity index is 5370. The zero-order valence-corrected chi connectivity index (χ0v) is 61.4. The van der Waals surface area contributed by atoms with Gasteiger partial charge in [0.1, 0.15) is 54.1 Å². The van der Waals surface area contributed by atoms with E-state index in [9.17, 15) is 54.0 Å². The van der Waals surface area contributed by atoms with Crippen molar-refractivity contribution in [2.75, 3.05) is 72.6 Å². The highest BCUT2D eigenvalue weighted by atomic mass is 32.2. The second kappa shape index (κ2) is 35.1. The quantitative estimate of drug-likeness (QED) is 0.0168. The predicted octanol–water partition coefficient (Wildman–Crippen LogP) is 6.55. The molecule has 36 heteroatoms. The molecule has 30 nitrogen and oxygen atoms in total. The molecule has 9 aromatic rings. The minimum Gasteiger partial charge on any atom is -0.394 e. The molecule has 0 spiro atoms. The number of hydrogen-bond acceptors (Lipinski definition) is 30. The molecule has 0 aliphatic heterocycles. The van der Waals surface area contributed by atoms with Gasteiger partial charge in [0.25, 0.3) is 0 Å². The Hall–Kier alpha value is -7.14. The lowest BCUT2D eigenvalue weighted by Gasteiger charge is -2.17. The lowest BCUT2D eigenvalue weighted by Crippen LogP contribution is -2.33. The summed E-state index contributed by atoms with van der Waals surface area (Å²) in [7, 11) is 0. The molecule has 0 bridgehead atoms. The lowest BCUT2D eigenvalue weighted by molar-refractivity contribution is -0.0629. The fourth-order valence-corrected chi connectivity index (χ4v) is 15.0. The SMILES string of the molecule is [2H]C([2H])(C)C([2H])([2H])Sc1nc(N[C@@H]2C[C@H]2c2ccc(C)c(F)c2)c2nnn([C@@H]3C[C@H](OC([2H])([2H])C([2H])([2H])O)[C@@H](O)[C@H]3O)c2n1.[2H]C([2H])(CO)O[C@H]1C[C@@H](n2nnc3c(N[C@@H]4C[C@H]4c4ccc(C)c(F)c4)nc(SC([2H])([2H])C([2H])([2H])C)nc32)[C@H](O)[C@@H]1O.[2H]C1([2H])[C@@H](Nc2nc(SCCC)nc3c2nnn3[C@@H]2C[C@H](OCCO)[C@@H](O)[C@H]2O)[C@@H]1c1ccc(C)c(F)c1. The number of anilines is 3. The Morgan fingerprint density at radius 2 is 0.861 bits per heavy atom. The van der Waals surface area contributed by atoms with Crippen molar-refractivity contribution >= 4 is 86.2 Å². The van der Waals surface area contributed by atoms with Crippen LogP contribution in [0.15, 0.2) is 70.1 Å². The third-order valence-electron chi connectivity index (χ3n) is 19.5. The number of halogens is 3. The third-order valence-corrected chi connectivity index (χ3v) is 21.9. The molecule has 6 heterocycles. The van der Waals surface area contributed by atoms with Gasteiger partial charge in [-0.05, 0) is 111 Å². The third kappa shape index (κ3) is 17.5. The Morgan fingerprint density at radius 1 is 0.481 bits per heavy atom. The van der Waals surface area contributed by atoms with Gasteiger partial charge in [0.05, 0.1) is 84.2 Å². The van der Waals surface area contributed by atoms with Crippen molar-refractivity contribution in [1.29, 1.82) is 0 Å². The van der Waals surface area contributed by atoms with Crippen molar-refractivity contribution in [3.8, 4) is 0 Å². The molecule has 18 atom stereocenters. The molecule has 6 saturated carbocycles. The maximum absolute atomic E-state index is 14.2. The minimum atomic E-state index is -3.41. The molecule has 0 amide bonds. The fraction of sp³-hybridized carbons (Fsp3) is 0.583. The number of aliphatic hydroxyl groups excluding tert-OH is 8. The zero-order valence-electron chi connectivity index (χ0n) is 75.0. The van der Waals surface area contributed by atoms with E-state index in [2.05, 4.69) is 76.8 Å². The summed E-state index contributed by atoms with van der Waals surface area (Å²) >= 11 is 2.31. The Labute approximate surface area is 655 Å². The monoisotopic (exact) mass is 1570 g/mol. The van der Waals surface area contributed by atoms with Gasteiger partial charge in [-0.1, -0.05) is 108 Å². The molecule has 15 rings (SSSR count). The molecule has 0 radical (unpaired) electrons. The molecule has 108 heavy (non-hydrogen) atoms. The molecule has 6 aromatic heterocycles. The van der Waals surface area contributed by atoms with Crippen LogP contribution in [-0.2, 0) is 14.2 Å². The number of fused-ring (bicyclic) bond motifs is 3. The molecule has 582 valence electrons. The first-order chi connectivity index (χ1) is 57.9. The maximum Gasteiger partial charge on any atom is 0.191 e. The van der Waals surface area contributed by atoms with Crippen LogP contribution in [-0.4, -0.2) is 251 Å². The van der Waals surface area contributed by atoms with E-state index in [0.717, 1.165) is 41.8 Å². The van der Waals surface area contributed by atoms with Crippen LogP contribution < -0.4 is 16.0 Å². The Balaban J connectivity index is 0.000000160. The predicted molar refractivity (Wildman–Crippen MR) is 398 cm³/mol. The van der Waals surface area contributed by atoms with E-state index >= 15 is 0 Å². The summed E-state index contributed by atoms with van der Waals surface area (Å²) in [5.41, 5.74) is -0.319. The van der Waals surface area contributed by atoms with Gasteiger partial charge >= 0.3 is 0 Å². The standard InChI is InChI=1S/3C24H31FN6O4S/c3*1-3-8-36-24-27-22(26-16-10-14(16)13-5-4-12(2)15(25)9-13)19-23(28-24)31(30-29-19)17-11-18(35-7-6-32)21(34)20(17)33/h3*4-5,9,14,16-18,20-21,32-34H,3,6-8,10-11H2,1-2H3,(H,26,27,28)/t3*14-,16+,17+,18-,20-,21+/m000/s1/i3D2,6D2,7D2,8D2;3D2,7D2,8D2;10D2. The van der Waals surface area contributed by atoms with Crippen LogP contribution in [0.5, 0.6) is 0 Å². The van der Waals surface area contributed by atoms with Crippen molar-refractivity contribution in [3.05, 3.63) is 105 Å². The van der Waals surface area contributed by atoms with Gasteiger partial charge in [0.15, 0.2) is 66.4 Å². The second-order valence-corrected chi connectivity index (χ2v) is 29.3. The highest BCUT2D eigenvalue weighted by Crippen LogP contribution is 2.48. The number of nitrogens with one attached hydrogen (secondary N) is 3. The number of aromatic nitrogens is 15. The number of rotatable bonds is 30. The van der Waals surface area contributed by atoms with Gasteiger partial charge in [-0.25, -0.2) is 57.1 Å². The Morgan fingerprint density at radius 3 is 1.23 bits per heavy atom. The summed E-state index contributed by atoms with van der Waals surface area (Å²) < 4.78 is 189. The molecule has 0 saturated heterocycles. The van der Waals surface area contributed by atoms with Gasteiger partial charge in [0.2, 0.25) is 0 Å². The molecule has 6 aliphatic rings. The highest BCUT2D eigenvalue weighted by Gasteiger charge is 2.49. The summed E-state index contributed by atoms with van der Waals surface area (Å²) in [6.07, 6.45) is -16.3. The highest BCUT2D eigenvalue weighted by molar-refractivity contribution is 7.99. The molecule has 3 aromatic carbocycles. The molecular formula is C72H93F3N18O12S3. The number of ether oxygens (including phenoxy) is 3. The smallest absolute Gasteiger partial charge is 0.191 e. The number of aliphatic hydroxyl groups is 9. The minimum absolute atomic E-state index is 0.0200. The van der Waals surface area contributed by atoms with E-state index < -0.39 is 142 Å². The van der Waals surface area contributed by atoms with Gasteiger partial charge in [-0.2, -0.15) is 0 Å².